The van der Waals surface area contributed by atoms with Gasteiger partial charge in [-0.2, -0.15) is 0 Å². The van der Waals surface area contributed by atoms with Crippen molar-refractivity contribution >= 4 is 16.5 Å². The minimum absolute atomic E-state index is 0.0252. The Balaban J connectivity index is 1.66. The summed E-state index contributed by atoms with van der Waals surface area (Å²) >= 11 is 0. The van der Waals surface area contributed by atoms with Gasteiger partial charge in [-0.05, 0) is 23.1 Å². The van der Waals surface area contributed by atoms with Crippen molar-refractivity contribution in [2.75, 3.05) is 4.90 Å². The van der Waals surface area contributed by atoms with Gasteiger partial charge in [0, 0.05) is 22.2 Å². The van der Waals surface area contributed by atoms with Gasteiger partial charge in [-0.25, -0.2) is 0 Å². The van der Waals surface area contributed by atoms with Gasteiger partial charge in [0.05, 0.1) is 6.04 Å². The Labute approximate surface area is 188 Å². The lowest BCUT2D eigenvalue weighted by Gasteiger charge is -2.45. The summed E-state index contributed by atoms with van der Waals surface area (Å²) in [5.41, 5.74) is 4.70. The van der Waals surface area contributed by atoms with Crippen molar-refractivity contribution in [2.45, 2.75) is 12.3 Å². The third-order valence-electron chi connectivity index (χ3n) is 6.22. The van der Waals surface area contributed by atoms with E-state index >= 15 is 0 Å². The topological polar surface area (TPSA) is 12.5 Å². The summed E-state index contributed by atoms with van der Waals surface area (Å²) in [6, 6.07) is 44.8. The van der Waals surface area contributed by atoms with Gasteiger partial charge in [-0.15, -0.1) is 0 Å². The molecular weight excluding hydrogens is 390 g/mol. The number of ether oxygens (including phenoxy) is 1. The van der Waals surface area contributed by atoms with E-state index in [0.717, 1.165) is 22.4 Å². The first-order valence-electron chi connectivity index (χ1n) is 11.0. The Morgan fingerprint density at radius 1 is 0.531 bits per heavy atom. The highest BCUT2D eigenvalue weighted by molar-refractivity contribution is 5.90. The smallest absolute Gasteiger partial charge is 0.199 e. The molecule has 0 aromatic heterocycles. The summed E-state index contributed by atoms with van der Waals surface area (Å²) in [4.78, 5) is 2.40. The molecule has 5 aromatic rings. The monoisotopic (exact) mass is 413 g/mol. The first kappa shape index (κ1) is 18.7. The van der Waals surface area contributed by atoms with Crippen LogP contribution in [0.25, 0.3) is 10.8 Å². The lowest BCUT2D eigenvalue weighted by Crippen LogP contribution is -2.40. The van der Waals surface area contributed by atoms with E-state index in [1.54, 1.807) is 0 Å². The van der Waals surface area contributed by atoms with Crippen molar-refractivity contribution in [3.05, 3.63) is 144 Å². The lowest BCUT2D eigenvalue weighted by molar-refractivity contribution is 0.172. The van der Waals surface area contributed by atoms with Crippen LogP contribution < -0.4 is 9.64 Å². The van der Waals surface area contributed by atoms with Gasteiger partial charge in [0.25, 0.3) is 0 Å². The molecule has 1 aliphatic heterocycles. The SMILES string of the molecule is c1ccc(C2Oc3c(ccc4ccccc34)C(c3ccccc3)N2c2ccccc2)cc1. The summed E-state index contributed by atoms with van der Waals surface area (Å²) < 4.78 is 6.88. The van der Waals surface area contributed by atoms with E-state index in [2.05, 4.69) is 132 Å². The molecule has 5 aromatic carbocycles. The third-order valence-corrected chi connectivity index (χ3v) is 6.22. The second kappa shape index (κ2) is 7.90. The van der Waals surface area contributed by atoms with Crippen LogP contribution in [0.1, 0.15) is 29.0 Å². The van der Waals surface area contributed by atoms with Gasteiger partial charge >= 0.3 is 0 Å². The summed E-state index contributed by atoms with van der Waals surface area (Å²) in [6.45, 7) is 0. The van der Waals surface area contributed by atoms with Gasteiger partial charge in [0.15, 0.2) is 6.23 Å². The van der Waals surface area contributed by atoms with E-state index in [9.17, 15) is 0 Å². The highest BCUT2D eigenvalue weighted by Gasteiger charge is 2.38. The third kappa shape index (κ3) is 3.12. The predicted octanol–water partition coefficient (Wildman–Crippen LogP) is 7.53. The molecule has 2 heteroatoms. The Morgan fingerprint density at radius 3 is 1.84 bits per heavy atom. The van der Waals surface area contributed by atoms with E-state index in [1.807, 2.05) is 0 Å². The molecule has 0 saturated heterocycles. The van der Waals surface area contributed by atoms with Crippen LogP contribution in [0.4, 0.5) is 5.69 Å². The zero-order valence-corrected chi connectivity index (χ0v) is 17.6. The molecule has 0 N–H and O–H groups in total. The molecule has 0 fully saturated rings. The Kier molecular flexibility index (Phi) is 4.62. The molecular formula is C30H23NO. The molecule has 0 saturated carbocycles. The number of para-hydroxylation sites is 1. The van der Waals surface area contributed by atoms with Crippen molar-refractivity contribution in [2.24, 2.45) is 0 Å². The first-order valence-corrected chi connectivity index (χ1v) is 11.0. The largest absolute Gasteiger partial charge is 0.465 e. The van der Waals surface area contributed by atoms with Crippen LogP contribution >= 0.6 is 0 Å². The highest BCUT2D eigenvalue weighted by Crippen LogP contribution is 2.49. The predicted molar refractivity (Wildman–Crippen MR) is 131 cm³/mol. The fraction of sp³-hybridized carbons (Fsp3) is 0.0667. The minimum atomic E-state index is -0.248. The summed E-state index contributed by atoms with van der Waals surface area (Å²) in [7, 11) is 0. The Morgan fingerprint density at radius 2 is 1.12 bits per heavy atom. The van der Waals surface area contributed by atoms with Crippen molar-refractivity contribution in [3.63, 3.8) is 0 Å². The Hall–Kier alpha value is -4.04. The van der Waals surface area contributed by atoms with Crippen molar-refractivity contribution < 1.29 is 4.74 Å². The van der Waals surface area contributed by atoms with Crippen molar-refractivity contribution in [1.82, 2.24) is 0 Å². The average molecular weight is 414 g/mol. The van der Waals surface area contributed by atoms with E-state index in [-0.39, 0.29) is 12.3 Å². The van der Waals surface area contributed by atoms with Gasteiger partial charge in [-0.3, -0.25) is 0 Å². The molecule has 0 aliphatic carbocycles. The molecule has 154 valence electrons. The van der Waals surface area contributed by atoms with Crippen LogP contribution in [0, 0.1) is 0 Å². The van der Waals surface area contributed by atoms with Crippen LogP contribution in [-0.2, 0) is 0 Å². The van der Waals surface area contributed by atoms with Gasteiger partial charge < -0.3 is 9.64 Å². The zero-order valence-electron chi connectivity index (χ0n) is 17.6. The molecule has 2 nitrogen and oxygen atoms in total. The molecule has 32 heavy (non-hydrogen) atoms. The number of fused-ring (bicyclic) bond motifs is 3. The second-order valence-electron chi connectivity index (χ2n) is 8.14. The van der Waals surface area contributed by atoms with Crippen LogP contribution in [0.5, 0.6) is 5.75 Å². The van der Waals surface area contributed by atoms with E-state index in [0.29, 0.717) is 0 Å². The molecule has 0 bridgehead atoms. The van der Waals surface area contributed by atoms with Crippen molar-refractivity contribution in [3.8, 4) is 5.75 Å². The normalized spacial score (nSPS) is 17.6. The highest BCUT2D eigenvalue weighted by atomic mass is 16.5. The maximum absolute atomic E-state index is 6.88. The number of anilines is 1. The molecule has 0 radical (unpaired) electrons. The van der Waals surface area contributed by atoms with Crippen molar-refractivity contribution in [1.29, 1.82) is 0 Å². The first-order chi connectivity index (χ1) is 15.9. The van der Waals surface area contributed by atoms with Gasteiger partial charge in [0.1, 0.15) is 5.75 Å². The number of rotatable bonds is 3. The molecule has 6 rings (SSSR count). The van der Waals surface area contributed by atoms with Gasteiger partial charge in [-0.1, -0.05) is 115 Å². The average Bonchev–Trinajstić information content (AvgIpc) is 2.89. The van der Waals surface area contributed by atoms with Gasteiger partial charge in [0.2, 0.25) is 0 Å². The quantitative estimate of drug-likeness (QED) is 0.303. The van der Waals surface area contributed by atoms with E-state index in [1.165, 1.54) is 16.5 Å². The van der Waals surface area contributed by atoms with E-state index < -0.39 is 0 Å². The van der Waals surface area contributed by atoms with E-state index in [4.69, 9.17) is 4.74 Å². The number of nitrogens with zero attached hydrogens (tertiary/aromatic N) is 1. The maximum atomic E-state index is 6.88. The minimum Gasteiger partial charge on any atom is -0.465 e. The maximum Gasteiger partial charge on any atom is 0.199 e. The summed E-state index contributed by atoms with van der Waals surface area (Å²) in [5.74, 6) is 0.970. The van der Waals surface area contributed by atoms with Crippen LogP contribution in [0.2, 0.25) is 0 Å². The summed E-state index contributed by atoms with van der Waals surface area (Å²) in [5, 5.41) is 2.35. The number of hydrogen-bond acceptors (Lipinski definition) is 2. The fourth-order valence-corrected chi connectivity index (χ4v) is 4.77. The van der Waals surface area contributed by atoms with Crippen LogP contribution in [0.3, 0.4) is 0 Å². The molecule has 0 amide bonds. The second-order valence-corrected chi connectivity index (χ2v) is 8.14. The Bertz CT molecular complexity index is 1350. The zero-order chi connectivity index (χ0) is 21.3. The number of benzene rings is 5. The molecule has 0 spiro atoms. The van der Waals surface area contributed by atoms with Crippen LogP contribution in [0.15, 0.2) is 127 Å². The molecule has 1 aliphatic rings. The number of hydrogen-bond donors (Lipinski definition) is 0. The summed E-state index contributed by atoms with van der Waals surface area (Å²) in [6.07, 6.45) is -0.248. The molecule has 2 unspecified atom stereocenters. The van der Waals surface area contributed by atoms with Crippen LogP contribution in [-0.4, -0.2) is 0 Å². The molecule has 1 heterocycles. The molecule has 2 atom stereocenters. The standard InChI is InChI=1S/C30H23NO/c1-4-13-23(14-5-1)28-27-21-20-22-12-10-11-19-26(22)29(27)32-30(24-15-6-2-7-16-24)31(28)25-17-8-3-9-18-25/h1-21,28,30H. The lowest BCUT2D eigenvalue weighted by atomic mass is 9.90. The fourth-order valence-electron chi connectivity index (χ4n) is 4.77.